The molecule has 136 valence electrons. The van der Waals surface area contributed by atoms with Crippen molar-refractivity contribution in [3.63, 3.8) is 0 Å². The van der Waals surface area contributed by atoms with Gasteiger partial charge in [0.25, 0.3) is 0 Å². The second-order valence-corrected chi connectivity index (χ2v) is 5.55. The summed E-state index contributed by atoms with van der Waals surface area (Å²) in [7, 11) is 0. The summed E-state index contributed by atoms with van der Waals surface area (Å²) in [5.41, 5.74) is 3.78. The van der Waals surface area contributed by atoms with E-state index in [1.54, 1.807) is 36.3 Å². The summed E-state index contributed by atoms with van der Waals surface area (Å²) in [5.74, 6) is 0.479. The molecule has 7 heteroatoms. The lowest BCUT2D eigenvalue weighted by Crippen LogP contribution is -2.37. The molecule has 26 heavy (non-hydrogen) atoms. The van der Waals surface area contributed by atoms with Crippen LogP contribution in [0.3, 0.4) is 0 Å². The van der Waals surface area contributed by atoms with E-state index in [1.165, 1.54) is 6.92 Å². The minimum absolute atomic E-state index is 0.0128. The van der Waals surface area contributed by atoms with E-state index in [9.17, 15) is 19.5 Å². The molecule has 0 spiro atoms. The number of aliphatic carboxylic acids is 1. The number of carbonyl (C=O) groups excluding carboxylic acids is 2. The second-order valence-electron chi connectivity index (χ2n) is 5.02. The third-order valence-electron chi connectivity index (χ3n) is 3.01. The molecule has 0 heterocycles. The summed E-state index contributed by atoms with van der Waals surface area (Å²) in [6, 6.07) is 16.5. The van der Waals surface area contributed by atoms with Crippen molar-refractivity contribution in [3.05, 3.63) is 71.8 Å². The molecule has 6 nitrogen and oxygen atoms in total. The molecule has 0 amide bonds. The monoisotopic (exact) mass is 375 g/mol. The van der Waals surface area contributed by atoms with Gasteiger partial charge < -0.3 is 5.11 Å². The fourth-order valence-electron chi connectivity index (χ4n) is 1.92. The first-order valence-corrected chi connectivity index (χ1v) is 7.94. The predicted octanol–water partition coefficient (Wildman–Crippen LogP) is 2.85. The van der Waals surface area contributed by atoms with Gasteiger partial charge in [0.1, 0.15) is 5.94 Å². The predicted molar refractivity (Wildman–Crippen MR) is 97.9 cm³/mol. The molecular formula is C19H18ClNO5. The Hall–Kier alpha value is -2.76. The molecule has 2 rings (SSSR count). The van der Waals surface area contributed by atoms with Gasteiger partial charge in [-0.3, -0.25) is 14.4 Å². The maximum atomic E-state index is 11.4. The highest BCUT2D eigenvalue weighted by Gasteiger charge is 2.25. The van der Waals surface area contributed by atoms with Crippen molar-refractivity contribution in [2.75, 3.05) is 0 Å². The second kappa shape index (κ2) is 11.7. The third kappa shape index (κ3) is 7.88. The van der Waals surface area contributed by atoms with Crippen LogP contribution in [-0.2, 0) is 25.8 Å². The highest BCUT2D eigenvalue weighted by molar-refractivity contribution is 6.62. The van der Waals surface area contributed by atoms with E-state index in [0.29, 0.717) is 5.56 Å². The Morgan fingerprint density at radius 3 is 2.08 bits per heavy atom. The van der Waals surface area contributed by atoms with Gasteiger partial charge >= 0.3 is 5.97 Å². The Morgan fingerprint density at radius 1 is 1.12 bits per heavy atom. The van der Waals surface area contributed by atoms with E-state index in [4.69, 9.17) is 4.84 Å². The quantitative estimate of drug-likeness (QED) is 0.439. The number of halogens is 1. The number of benzene rings is 2. The number of carboxylic acid groups (broad SMARTS) is 1. The first-order chi connectivity index (χ1) is 12.5. The molecule has 2 N–H and O–H groups in total. The normalized spacial score (nSPS) is 10.7. The minimum atomic E-state index is -1.29. The topological polar surface area (TPSA) is 92.7 Å². The zero-order valence-corrected chi connectivity index (χ0v) is 14.8. The van der Waals surface area contributed by atoms with E-state index < -0.39 is 12.0 Å². The van der Waals surface area contributed by atoms with Crippen LogP contribution < -0.4 is 5.48 Å². The molecule has 0 aliphatic rings. The molecule has 0 bridgehead atoms. The standard InChI is InChI=1S/C17H15NO4.C2H3ClO/c19-11-15(14-9-5-2-6-10-14)16(17(20)21)18-22-12-13-7-3-1-4-8-13;1-2(3)4/h1-10,16,18H,12H2,(H,20,21);1H3/t16-;/m0./s1. The first-order valence-electron chi connectivity index (χ1n) is 7.56. The molecule has 2 aromatic rings. The Kier molecular flexibility index (Phi) is 9.61. The van der Waals surface area contributed by atoms with Crippen molar-refractivity contribution in [1.29, 1.82) is 0 Å². The van der Waals surface area contributed by atoms with Crippen LogP contribution in [0.5, 0.6) is 0 Å². The SMILES string of the molecule is CC(=O)Cl.O=C=C(c1ccccc1)[C@H](NOCc1ccccc1)C(=O)O. The van der Waals surface area contributed by atoms with Crippen molar-refractivity contribution in [2.24, 2.45) is 0 Å². The van der Waals surface area contributed by atoms with Gasteiger partial charge in [-0.15, -0.1) is 0 Å². The van der Waals surface area contributed by atoms with Gasteiger partial charge in [0, 0.05) is 6.92 Å². The van der Waals surface area contributed by atoms with Crippen LogP contribution in [0.15, 0.2) is 60.7 Å². The van der Waals surface area contributed by atoms with Gasteiger partial charge in [-0.05, 0) is 22.7 Å². The lowest BCUT2D eigenvalue weighted by Gasteiger charge is -2.15. The Labute approximate surface area is 156 Å². The highest BCUT2D eigenvalue weighted by atomic mass is 35.5. The summed E-state index contributed by atoms with van der Waals surface area (Å²) in [6.07, 6.45) is 0. The van der Waals surface area contributed by atoms with Gasteiger partial charge in [0.15, 0.2) is 6.04 Å². The summed E-state index contributed by atoms with van der Waals surface area (Å²) in [5, 5.41) is 8.93. The molecular weight excluding hydrogens is 358 g/mol. The number of hydrogen-bond donors (Lipinski definition) is 2. The van der Waals surface area contributed by atoms with Gasteiger partial charge in [-0.25, -0.2) is 4.79 Å². The molecule has 0 aliphatic carbocycles. The van der Waals surface area contributed by atoms with Gasteiger partial charge in [-0.2, -0.15) is 5.48 Å². The van der Waals surface area contributed by atoms with Crippen molar-refractivity contribution < 1.29 is 24.3 Å². The molecule has 2 aromatic carbocycles. The van der Waals surface area contributed by atoms with E-state index in [-0.39, 0.29) is 17.4 Å². The first kappa shape index (κ1) is 21.3. The Morgan fingerprint density at radius 2 is 1.62 bits per heavy atom. The van der Waals surface area contributed by atoms with Crippen molar-refractivity contribution in [2.45, 2.75) is 19.6 Å². The average Bonchev–Trinajstić information content (AvgIpc) is 2.62. The van der Waals surface area contributed by atoms with E-state index in [2.05, 4.69) is 17.1 Å². The molecule has 1 atom stereocenters. The zero-order valence-electron chi connectivity index (χ0n) is 14.0. The Balaban J connectivity index is 0.000000765. The molecule has 0 unspecified atom stereocenters. The number of carbonyl (C=O) groups is 2. The number of hydroxylamine groups is 1. The van der Waals surface area contributed by atoms with E-state index in [0.717, 1.165) is 5.56 Å². The lowest BCUT2D eigenvalue weighted by molar-refractivity contribution is -0.142. The smallest absolute Gasteiger partial charge is 0.328 e. The zero-order chi connectivity index (χ0) is 19.4. The third-order valence-corrected chi connectivity index (χ3v) is 3.01. The highest BCUT2D eigenvalue weighted by Crippen LogP contribution is 2.16. The van der Waals surface area contributed by atoms with Crippen LogP contribution >= 0.6 is 11.6 Å². The van der Waals surface area contributed by atoms with Gasteiger partial charge in [0.05, 0.1) is 12.2 Å². The number of rotatable bonds is 7. The number of nitrogens with one attached hydrogen (secondary N) is 1. The van der Waals surface area contributed by atoms with E-state index in [1.807, 2.05) is 30.3 Å². The average molecular weight is 376 g/mol. The molecule has 0 saturated carbocycles. The van der Waals surface area contributed by atoms with Gasteiger partial charge in [-0.1, -0.05) is 60.7 Å². The molecule has 0 fully saturated rings. The molecule has 0 aliphatic heterocycles. The summed E-state index contributed by atoms with van der Waals surface area (Å²) < 4.78 is 0. The number of carboxylic acids is 1. The number of hydrogen-bond acceptors (Lipinski definition) is 5. The summed E-state index contributed by atoms with van der Waals surface area (Å²) in [6.45, 7) is 1.48. The lowest BCUT2D eigenvalue weighted by atomic mass is 10.0. The summed E-state index contributed by atoms with van der Waals surface area (Å²) >= 11 is 4.64. The van der Waals surface area contributed by atoms with Crippen LogP contribution in [0.4, 0.5) is 0 Å². The van der Waals surface area contributed by atoms with Gasteiger partial charge in [0.2, 0.25) is 5.24 Å². The Bertz CT molecular complexity index is 754. The molecule has 0 saturated heterocycles. The van der Waals surface area contributed by atoms with Crippen molar-refractivity contribution in [1.82, 2.24) is 5.48 Å². The maximum absolute atomic E-state index is 11.4. The maximum Gasteiger partial charge on any atom is 0.328 e. The minimum Gasteiger partial charge on any atom is -0.480 e. The van der Waals surface area contributed by atoms with Crippen LogP contribution in [0, 0.1) is 0 Å². The molecule has 0 aromatic heterocycles. The summed E-state index contributed by atoms with van der Waals surface area (Å²) in [4.78, 5) is 37.0. The van der Waals surface area contributed by atoms with Crippen LogP contribution in [-0.4, -0.2) is 28.3 Å². The van der Waals surface area contributed by atoms with Crippen molar-refractivity contribution in [3.8, 4) is 0 Å². The van der Waals surface area contributed by atoms with Crippen LogP contribution in [0.1, 0.15) is 18.1 Å². The molecule has 0 radical (unpaired) electrons. The fourth-order valence-corrected chi connectivity index (χ4v) is 1.92. The van der Waals surface area contributed by atoms with E-state index >= 15 is 0 Å². The van der Waals surface area contributed by atoms with Crippen molar-refractivity contribution >= 4 is 34.3 Å². The largest absolute Gasteiger partial charge is 0.480 e. The van der Waals surface area contributed by atoms with Crippen LogP contribution in [0.2, 0.25) is 0 Å². The fraction of sp³-hybridized carbons (Fsp3) is 0.158. The van der Waals surface area contributed by atoms with Crippen LogP contribution in [0.25, 0.3) is 5.57 Å².